The molecular formula is C31H26N4O4. The van der Waals surface area contributed by atoms with E-state index in [1.165, 1.54) is 10.8 Å². The van der Waals surface area contributed by atoms with Gasteiger partial charge < -0.3 is 20.1 Å². The third kappa shape index (κ3) is 4.51. The topological polar surface area (TPSA) is 112 Å². The van der Waals surface area contributed by atoms with Crippen molar-refractivity contribution in [2.75, 3.05) is 5.32 Å². The number of rotatable bonds is 6. The van der Waals surface area contributed by atoms with E-state index >= 15 is 0 Å². The Bertz CT molecular complexity index is 1860. The molecule has 0 saturated carbocycles. The van der Waals surface area contributed by atoms with Crippen molar-refractivity contribution in [3.05, 3.63) is 99.5 Å². The molecule has 5 aromatic rings. The highest BCUT2D eigenvalue weighted by molar-refractivity contribution is 6.13. The van der Waals surface area contributed by atoms with Crippen LogP contribution in [0.5, 0.6) is 0 Å². The van der Waals surface area contributed by atoms with E-state index < -0.39 is 5.91 Å². The van der Waals surface area contributed by atoms with Gasteiger partial charge in [-0.1, -0.05) is 36.3 Å². The van der Waals surface area contributed by atoms with E-state index in [1.54, 1.807) is 38.2 Å². The number of benzene rings is 3. The quantitative estimate of drug-likeness (QED) is 0.311. The maximum absolute atomic E-state index is 13.5. The predicted molar refractivity (Wildman–Crippen MR) is 152 cm³/mol. The molecule has 8 heteroatoms. The molecule has 39 heavy (non-hydrogen) atoms. The van der Waals surface area contributed by atoms with Gasteiger partial charge in [-0.3, -0.25) is 14.4 Å². The van der Waals surface area contributed by atoms with E-state index in [2.05, 4.69) is 15.8 Å². The molecule has 2 amide bonds. The number of hydrogen-bond donors (Lipinski definition) is 2. The van der Waals surface area contributed by atoms with Crippen LogP contribution in [0.4, 0.5) is 5.69 Å². The van der Waals surface area contributed by atoms with Crippen molar-refractivity contribution in [1.82, 2.24) is 9.31 Å². The first-order valence-corrected chi connectivity index (χ1v) is 12.3. The van der Waals surface area contributed by atoms with E-state index in [-0.39, 0.29) is 11.5 Å². The van der Waals surface area contributed by atoms with Crippen LogP contribution in [0.2, 0.25) is 0 Å². The smallest absolute Gasteiger partial charge is 0.290 e. The highest BCUT2D eigenvalue weighted by Crippen LogP contribution is 2.33. The van der Waals surface area contributed by atoms with Gasteiger partial charge in [0.15, 0.2) is 0 Å². The fourth-order valence-electron chi connectivity index (χ4n) is 4.92. The molecule has 0 spiro atoms. The molecule has 8 nitrogen and oxygen atoms in total. The van der Waals surface area contributed by atoms with E-state index in [4.69, 9.17) is 16.7 Å². The van der Waals surface area contributed by atoms with Crippen LogP contribution in [-0.2, 0) is 13.6 Å². The van der Waals surface area contributed by atoms with Crippen molar-refractivity contribution in [2.45, 2.75) is 20.4 Å². The summed E-state index contributed by atoms with van der Waals surface area (Å²) in [7, 11) is 1.58. The Labute approximate surface area is 224 Å². The molecule has 0 atom stereocenters. The van der Waals surface area contributed by atoms with Gasteiger partial charge in [0.2, 0.25) is 5.91 Å². The van der Waals surface area contributed by atoms with Crippen LogP contribution in [0.25, 0.3) is 33.3 Å². The minimum atomic E-state index is -0.582. The third-order valence-corrected chi connectivity index (χ3v) is 6.72. The minimum Gasteiger partial charge on any atom is -0.381 e. The Morgan fingerprint density at radius 2 is 1.77 bits per heavy atom. The SMILES string of the molecule is C#Cc1cc(C(=O)Nc2cccc(C(N)=O)c2)c2c(c1)cc(-c1ccc(-c3c(C)on(C)c3=O)cc1)n2CC. The van der Waals surface area contributed by atoms with E-state index in [9.17, 15) is 14.4 Å². The second kappa shape index (κ2) is 9.88. The van der Waals surface area contributed by atoms with E-state index in [1.807, 2.05) is 43.3 Å². The average molecular weight is 519 g/mol. The molecule has 0 unspecified atom stereocenters. The van der Waals surface area contributed by atoms with Crippen molar-refractivity contribution < 1.29 is 14.1 Å². The zero-order valence-electron chi connectivity index (χ0n) is 21.7. The van der Waals surface area contributed by atoms with Crippen molar-refractivity contribution in [3.63, 3.8) is 0 Å². The molecule has 2 heterocycles. The van der Waals surface area contributed by atoms with Crippen molar-refractivity contribution >= 4 is 28.4 Å². The number of anilines is 1. The van der Waals surface area contributed by atoms with Crippen molar-refractivity contribution in [2.24, 2.45) is 12.8 Å². The lowest BCUT2D eigenvalue weighted by atomic mass is 10.0. The largest absolute Gasteiger partial charge is 0.381 e. The number of carbonyl (C=O) groups is 2. The first-order chi connectivity index (χ1) is 18.7. The van der Waals surface area contributed by atoms with Gasteiger partial charge in [-0.05, 0) is 61.4 Å². The molecule has 0 saturated heterocycles. The summed E-state index contributed by atoms with van der Waals surface area (Å²) in [5.41, 5.74) is 10.8. The van der Waals surface area contributed by atoms with Crippen LogP contribution in [0.15, 0.2) is 76.0 Å². The number of terminal acetylenes is 1. The molecule has 194 valence electrons. The summed E-state index contributed by atoms with van der Waals surface area (Å²) >= 11 is 0. The molecule has 5 rings (SSSR count). The second-order valence-electron chi connectivity index (χ2n) is 9.18. The van der Waals surface area contributed by atoms with Gasteiger partial charge in [-0.25, -0.2) is 0 Å². The van der Waals surface area contributed by atoms with Crippen LogP contribution >= 0.6 is 0 Å². The lowest BCUT2D eigenvalue weighted by molar-refractivity contribution is 0.0996. The lowest BCUT2D eigenvalue weighted by Crippen LogP contribution is -2.16. The summed E-state index contributed by atoms with van der Waals surface area (Å²) in [6.45, 7) is 4.36. The predicted octanol–water partition coefficient (Wildman–Crippen LogP) is 4.93. The highest BCUT2D eigenvalue weighted by atomic mass is 16.5. The van der Waals surface area contributed by atoms with Gasteiger partial charge in [0, 0.05) is 41.5 Å². The van der Waals surface area contributed by atoms with Crippen LogP contribution in [0, 0.1) is 19.3 Å². The number of primary amides is 1. The van der Waals surface area contributed by atoms with Crippen LogP contribution in [0.1, 0.15) is 39.0 Å². The maximum atomic E-state index is 13.5. The summed E-state index contributed by atoms with van der Waals surface area (Å²) in [5.74, 6) is 2.25. The zero-order valence-corrected chi connectivity index (χ0v) is 21.7. The number of fused-ring (bicyclic) bond motifs is 1. The molecule has 3 aromatic carbocycles. The van der Waals surface area contributed by atoms with Gasteiger partial charge in [-0.2, -0.15) is 4.74 Å². The molecular weight excluding hydrogens is 492 g/mol. The van der Waals surface area contributed by atoms with Crippen LogP contribution in [-0.4, -0.2) is 21.1 Å². The van der Waals surface area contributed by atoms with Crippen LogP contribution < -0.4 is 16.6 Å². The van der Waals surface area contributed by atoms with E-state index in [0.29, 0.717) is 40.2 Å². The average Bonchev–Trinajstić information content (AvgIpc) is 3.43. The minimum absolute atomic E-state index is 0.193. The van der Waals surface area contributed by atoms with Gasteiger partial charge in [0.1, 0.15) is 5.76 Å². The van der Waals surface area contributed by atoms with Crippen molar-refractivity contribution in [1.29, 1.82) is 0 Å². The third-order valence-electron chi connectivity index (χ3n) is 6.72. The number of nitrogens with one attached hydrogen (secondary N) is 1. The van der Waals surface area contributed by atoms with Gasteiger partial charge in [0.25, 0.3) is 11.5 Å². The first kappa shape index (κ1) is 25.4. The molecule has 3 N–H and O–H groups in total. The Hall–Kier alpha value is -5.29. The summed E-state index contributed by atoms with van der Waals surface area (Å²) < 4.78 is 8.70. The Morgan fingerprint density at radius 3 is 2.38 bits per heavy atom. The van der Waals surface area contributed by atoms with Gasteiger partial charge in [0.05, 0.1) is 16.6 Å². The fourth-order valence-corrected chi connectivity index (χ4v) is 4.92. The summed E-state index contributed by atoms with van der Waals surface area (Å²) in [5, 5.41) is 3.69. The summed E-state index contributed by atoms with van der Waals surface area (Å²) in [4.78, 5) is 37.6. The standard InChI is InChI=1S/C31H26N4O4/c1-5-19-14-23-17-26(20-10-12-21(13-11-20)27-18(3)39-34(4)31(27)38)35(6-2)28(23)25(15-19)30(37)33-24-9-7-8-22(16-24)29(32)36/h1,7-17H,6H2,2-4H3,(H2,32,36)(H,33,37). The highest BCUT2D eigenvalue weighted by Gasteiger charge is 2.20. The monoisotopic (exact) mass is 518 g/mol. The normalized spacial score (nSPS) is 10.9. The molecule has 0 aliphatic heterocycles. The number of carbonyl (C=O) groups excluding carboxylic acids is 2. The van der Waals surface area contributed by atoms with E-state index in [0.717, 1.165) is 27.7 Å². The Morgan fingerprint density at radius 1 is 1.05 bits per heavy atom. The summed E-state index contributed by atoms with van der Waals surface area (Å²) in [6, 6.07) is 19.7. The fraction of sp³-hybridized carbons (Fsp3) is 0.129. The molecule has 0 aliphatic rings. The maximum Gasteiger partial charge on any atom is 0.290 e. The number of hydrogen-bond acceptors (Lipinski definition) is 4. The Balaban J connectivity index is 1.60. The van der Waals surface area contributed by atoms with Gasteiger partial charge in [-0.15, -0.1) is 6.42 Å². The summed E-state index contributed by atoms with van der Waals surface area (Å²) in [6.07, 6.45) is 5.73. The number of nitrogens with zero attached hydrogens (tertiary/aromatic N) is 2. The molecule has 0 fully saturated rings. The lowest BCUT2D eigenvalue weighted by Gasteiger charge is -2.13. The number of nitrogens with two attached hydrogens (primary N) is 1. The second-order valence-corrected chi connectivity index (χ2v) is 9.18. The number of amides is 2. The molecule has 0 aliphatic carbocycles. The van der Waals surface area contributed by atoms with Crippen LogP contribution in [0.3, 0.4) is 0 Å². The van der Waals surface area contributed by atoms with Gasteiger partial charge >= 0.3 is 0 Å². The molecule has 0 radical (unpaired) electrons. The number of aromatic nitrogens is 2. The molecule has 2 aromatic heterocycles. The number of aryl methyl sites for hydroxylation is 3. The first-order valence-electron chi connectivity index (χ1n) is 12.3. The van der Waals surface area contributed by atoms with Crippen molar-refractivity contribution in [3.8, 4) is 34.7 Å². The molecule has 0 bridgehead atoms. The Kier molecular flexibility index (Phi) is 6.42. The zero-order chi connectivity index (χ0) is 27.8.